The molecule has 0 saturated carbocycles. The SMILES string of the molecule is FC(F)(F)C(=CC(F)(F)C(F)(F)C=C(C(F)(F)F)C(F)(F)F)C(F)(F)F. The first kappa shape index (κ1) is 24.4. The molecule has 26 heavy (non-hydrogen) atoms. The van der Waals surface area contributed by atoms with Crippen molar-refractivity contribution < 1.29 is 70.2 Å². The summed E-state index contributed by atoms with van der Waals surface area (Å²) in [4.78, 5) is 0. The van der Waals surface area contributed by atoms with Gasteiger partial charge in [-0.15, -0.1) is 0 Å². The summed E-state index contributed by atoms with van der Waals surface area (Å²) in [6, 6.07) is 0. The maximum absolute atomic E-state index is 13.0. The van der Waals surface area contributed by atoms with Gasteiger partial charge in [-0.2, -0.15) is 70.2 Å². The van der Waals surface area contributed by atoms with Gasteiger partial charge in [0.1, 0.15) is 11.1 Å². The van der Waals surface area contributed by atoms with Crippen molar-refractivity contribution in [2.75, 3.05) is 0 Å². The monoisotopic (exact) mass is 426 g/mol. The highest BCUT2D eigenvalue weighted by Crippen LogP contribution is 2.47. The molecule has 0 nitrogen and oxygen atoms in total. The Morgan fingerprint density at radius 1 is 0.346 bits per heavy atom. The summed E-state index contributed by atoms with van der Waals surface area (Å²) in [6.45, 7) is 0. The minimum Gasteiger partial charge on any atom is -0.195 e. The number of halogens is 16. The van der Waals surface area contributed by atoms with Crippen LogP contribution in [0.25, 0.3) is 0 Å². The summed E-state index contributed by atoms with van der Waals surface area (Å²) >= 11 is 0. The van der Waals surface area contributed by atoms with Crippen LogP contribution in [0.2, 0.25) is 0 Å². The Balaban J connectivity index is 6.50. The first-order chi connectivity index (χ1) is 10.9. The van der Waals surface area contributed by atoms with Crippen LogP contribution in [0.3, 0.4) is 0 Å². The lowest BCUT2D eigenvalue weighted by Gasteiger charge is -2.25. The van der Waals surface area contributed by atoms with Crippen molar-refractivity contribution in [1.82, 2.24) is 0 Å². The summed E-state index contributed by atoms with van der Waals surface area (Å²) in [5.41, 5.74) is -8.49. The second-order valence-corrected chi connectivity index (χ2v) is 4.35. The lowest BCUT2D eigenvalue weighted by molar-refractivity contribution is -0.191. The molecular weight excluding hydrogens is 424 g/mol. The van der Waals surface area contributed by atoms with Crippen LogP contribution in [-0.4, -0.2) is 36.6 Å². The first-order valence-electron chi connectivity index (χ1n) is 5.43. The number of hydrogen-bond donors (Lipinski definition) is 0. The van der Waals surface area contributed by atoms with Crippen LogP contribution in [0.5, 0.6) is 0 Å². The molecule has 0 bridgehead atoms. The van der Waals surface area contributed by atoms with Gasteiger partial charge in [-0.05, 0) is 0 Å². The zero-order valence-corrected chi connectivity index (χ0v) is 11.2. The smallest absolute Gasteiger partial charge is 0.195 e. The van der Waals surface area contributed by atoms with Crippen LogP contribution in [-0.2, 0) is 0 Å². The van der Waals surface area contributed by atoms with E-state index < -0.39 is 59.8 Å². The molecule has 0 heterocycles. The third-order valence-electron chi connectivity index (χ3n) is 2.32. The largest absolute Gasteiger partial charge is 0.421 e. The van der Waals surface area contributed by atoms with E-state index in [9.17, 15) is 70.2 Å². The summed E-state index contributed by atoms with van der Waals surface area (Å²) < 4.78 is 197. The van der Waals surface area contributed by atoms with Gasteiger partial charge in [-0.25, -0.2) is 0 Å². The van der Waals surface area contributed by atoms with Crippen molar-refractivity contribution in [3.05, 3.63) is 23.3 Å². The van der Waals surface area contributed by atoms with Crippen LogP contribution >= 0.6 is 0 Å². The van der Waals surface area contributed by atoms with Crippen molar-refractivity contribution in [3.63, 3.8) is 0 Å². The third kappa shape index (κ3) is 5.96. The van der Waals surface area contributed by atoms with Crippen LogP contribution in [0, 0.1) is 0 Å². The van der Waals surface area contributed by atoms with Crippen LogP contribution in [0.4, 0.5) is 70.2 Å². The highest BCUT2D eigenvalue weighted by Gasteiger charge is 2.62. The number of rotatable bonds is 3. The summed E-state index contributed by atoms with van der Waals surface area (Å²) in [6.07, 6.45) is -31.8. The minimum atomic E-state index is -6.71. The zero-order chi connectivity index (χ0) is 21.6. The molecule has 0 aromatic rings. The standard InChI is InChI=1S/C10H2F16/c11-5(12,1-3(7(15,16)17)8(18,19)20)6(13,14)2-4(9(21,22)23)10(24,25)26/h1-2H. The Kier molecular flexibility index (Phi) is 6.10. The molecule has 0 fully saturated rings. The van der Waals surface area contributed by atoms with Crippen molar-refractivity contribution in [2.45, 2.75) is 36.6 Å². The molecule has 0 rings (SSSR count). The number of hydrogen-bond acceptors (Lipinski definition) is 0. The second-order valence-electron chi connectivity index (χ2n) is 4.35. The predicted octanol–water partition coefficient (Wildman–Crippen LogP) is 6.36. The molecule has 0 aromatic carbocycles. The highest BCUT2D eigenvalue weighted by atomic mass is 19.4. The van der Waals surface area contributed by atoms with Crippen molar-refractivity contribution in [1.29, 1.82) is 0 Å². The summed E-state index contributed by atoms with van der Waals surface area (Å²) in [5, 5.41) is 0. The Morgan fingerprint density at radius 2 is 0.500 bits per heavy atom. The number of alkyl halides is 16. The maximum Gasteiger partial charge on any atom is 0.421 e. The Bertz CT molecular complexity index is 476. The molecule has 0 unspecified atom stereocenters. The van der Waals surface area contributed by atoms with E-state index in [-0.39, 0.29) is 0 Å². The van der Waals surface area contributed by atoms with Gasteiger partial charge in [0.2, 0.25) is 0 Å². The molecular formula is C10H2F16. The third-order valence-corrected chi connectivity index (χ3v) is 2.32. The fourth-order valence-electron chi connectivity index (χ4n) is 1.20. The first-order valence-corrected chi connectivity index (χ1v) is 5.43. The summed E-state index contributed by atoms with van der Waals surface area (Å²) in [5.74, 6) is -13.4. The number of allylic oxidation sites excluding steroid dienone is 4. The molecule has 0 saturated heterocycles. The van der Waals surface area contributed by atoms with E-state index in [1.165, 1.54) is 0 Å². The highest BCUT2D eigenvalue weighted by molar-refractivity contribution is 5.27. The molecule has 0 aromatic heterocycles. The van der Waals surface area contributed by atoms with Crippen LogP contribution < -0.4 is 0 Å². The average Bonchev–Trinajstić information content (AvgIpc) is 2.27. The average molecular weight is 426 g/mol. The van der Waals surface area contributed by atoms with Gasteiger partial charge < -0.3 is 0 Å². The van der Waals surface area contributed by atoms with E-state index in [2.05, 4.69) is 0 Å². The molecule has 0 N–H and O–H groups in total. The van der Waals surface area contributed by atoms with Crippen molar-refractivity contribution >= 4 is 0 Å². The molecule has 0 radical (unpaired) electrons. The van der Waals surface area contributed by atoms with E-state index in [1.807, 2.05) is 0 Å². The fourth-order valence-corrected chi connectivity index (χ4v) is 1.20. The van der Waals surface area contributed by atoms with Crippen LogP contribution in [0.1, 0.15) is 0 Å². The van der Waals surface area contributed by atoms with Crippen molar-refractivity contribution in [2.24, 2.45) is 0 Å². The quantitative estimate of drug-likeness (QED) is 0.364. The molecule has 0 aliphatic heterocycles. The Morgan fingerprint density at radius 3 is 0.615 bits per heavy atom. The Labute approximate surface area is 131 Å². The van der Waals surface area contributed by atoms with Crippen LogP contribution in [0.15, 0.2) is 23.3 Å². The van der Waals surface area contributed by atoms with E-state index in [0.717, 1.165) is 0 Å². The lowest BCUT2D eigenvalue weighted by atomic mass is 10.0. The zero-order valence-electron chi connectivity index (χ0n) is 11.2. The maximum atomic E-state index is 13.0. The van der Waals surface area contributed by atoms with Gasteiger partial charge in [0.15, 0.2) is 0 Å². The Hall–Kier alpha value is -1.64. The van der Waals surface area contributed by atoms with Gasteiger partial charge in [0.05, 0.1) is 0 Å². The molecule has 0 amide bonds. The van der Waals surface area contributed by atoms with Crippen molar-refractivity contribution in [3.8, 4) is 0 Å². The minimum absolute atomic E-state index is 2.49. The molecule has 0 aliphatic carbocycles. The summed E-state index contributed by atoms with van der Waals surface area (Å²) in [7, 11) is 0. The lowest BCUT2D eigenvalue weighted by Crippen LogP contribution is -2.42. The molecule has 16 heteroatoms. The van der Waals surface area contributed by atoms with Gasteiger partial charge >= 0.3 is 36.6 Å². The topological polar surface area (TPSA) is 0 Å². The van der Waals surface area contributed by atoms with Gasteiger partial charge in [-0.1, -0.05) is 0 Å². The molecule has 154 valence electrons. The predicted molar refractivity (Wildman–Crippen MR) is 50.3 cm³/mol. The van der Waals surface area contributed by atoms with E-state index in [1.54, 1.807) is 0 Å². The van der Waals surface area contributed by atoms with E-state index in [4.69, 9.17) is 0 Å². The molecule has 0 spiro atoms. The van der Waals surface area contributed by atoms with E-state index >= 15 is 0 Å². The van der Waals surface area contributed by atoms with Gasteiger partial charge in [-0.3, -0.25) is 0 Å². The van der Waals surface area contributed by atoms with Gasteiger partial charge in [0, 0.05) is 12.2 Å². The molecule has 0 aliphatic rings. The second kappa shape index (κ2) is 6.51. The fraction of sp³-hybridized carbons (Fsp3) is 0.600. The normalized spacial score (nSPS) is 14.9. The molecule has 0 atom stereocenters. The van der Waals surface area contributed by atoms with E-state index in [0.29, 0.717) is 0 Å². The van der Waals surface area contributed by atoms with Gasteiger partial charge in [0.25, 0.3) is 0 Å².